The average Bonchev–Trinajstić information content (AvgIpc) is 2.56. The van der Waals surface area contributed by atoms with Gasteiger partial charge >= 0.3 is 0 Å². The summed E-state index contributed by atoms with van der Waals surface area (Å²) in [5.74, 6) is 1.05. The van der Waals surface area contributed by atoms with E-state index in [0.717, 1.165) is 29.0 Å². The number of rotatable bonds is 3. The predicted molar refractivity (Wildman–Crippen MR) is 59.8 cm³/mol. The van der Waals surface area contributed by atoms with Crippen LogP contribution in [0.5, 0.6) is 0 Å². The molecule has 0 fully saturated rings. The number of hydrogen-bond acceptors (Lipinski definition) is 2. The van der Waals surface area contributed by atoms with Crippen molar-refractivity contribution in [2.75, 3.05) is 5.32 Å². The number of nitrogens with zero attached hydrogens (tertiary/aromatic N) is 2. The highest BCUT2D eigenvalue weighted by molar-refractivity contribution is 5.83. The molecule has 2 rings (SSSR count). The van der Waals surface area contributed by atoms with E-state index in [1.165, 1.54) is 0 Å². The summed E-state index contributed by atoms with van der Waals surface area (Å²) in [6.07, 6.45) is 1.58. The van der Waals surface area contributed by atoms with Gasteiger partial charge in [0.05, 0.1) is 11.0 Å². The molecule has 1 amide bonds. The zero-order valence-electron chi connectivity index (χ0n) is 8.82. The highest BCUT2D eigenvalue weighted by atomic mass is 16.1. The molecule has 15 heavy (non-hydrogen) atoms. The van der Waals surface area contributed by atoms with E-state index in [9.17, 15) is 4.79 Å². The van der Waals surface area contributed by atoms with E-state index in [1.54, 1.807) is 0 Å². The van der Waals surface area contributed by atoms with E-state index >= 15 is 0 Å². The lowest BCUT2D eigenvalue weighted by molar-refractivity contribution is -0.105. The Bertz CT molecular complexity index is 502. The van der Waals surface area contributed by atoms with Gasteiger partial charge in [-0.2, -0.15) is 0 Å². The van der Waals surface area contributed by atoms with Crippen LogP contribution in [0.2, 0.25) is 0 Å². The number of hydrogen-bond donors (Lipinski definition) is 1. The fourth-order valence-corrected chi connectivity index (χ4v) is 1.72. The maximum Gasteiger partial charge on any atom is 0.211 e. The van der Waals surface area contributed by atoms with Gasteiger partial charge in [0.15, 0.2) is 0 Å². The van der Waals surface area contributed by atoms with Crippen molar-refractivity contribution in [3.05, 3.63) is 24.0 Å². The molecule has 0 spiro atoms. The molecule has 0 aliphatic rings. The van der Waals surface area contributed by atoms with Crippen LogP contribution in [-0.2, 0) is 18.3 Å². The topological polar surface area (TPSA) is 46.9 Å². The van der Waals surface area contributed by atoms with Crippen molar-refractivity contribution in [3.8, 4) is 0 Å². The summed E-state index contributed by atoms with van der Waals surface area (Å²) in [4.78, 5) is 14.8. The molecule has 1 aromatic heterocycles. The summed E-state index contributed by atoms with van der Waals surface area (Å²) >= 11 is 0. The molecule has 0 aliphatic heterocycles. The van der Waals surface area contributed by atoms with Crippen molar-refractivity contribution in [3.63, 3.8) is 0 Å². The standard InChI is InChI=1S/C11H13N3O/c1-3-11-13-9-6-8(12-7-15)4-5-10(9)14(11)2/h4-7H,3H2,1-2H3,(H,12,15). The third-order valence-electron chi connectivity index (χ3n) is 2.52. The lowest BCUT2D eigenvalue weighted by atomic mass is 10.3. The van der Waals surface area contributed by atoms with Crippen LogP contribution in [0.4, 0.5) is 5.69 Å². The van der Waals surface area contributed by atoms with Gasteiger partial charge in [0.1, 0.15) is 5.82 Å². The zero-order valence-corrected chi connectivity index (χ0v) is 8.82. The van der Waals surface area contributed by atoms with Gasteiger partial charge < -0.3 is 9.88 Å². The SMILES string of the molecule is CCc1nc2cc(NC=O)ccc2n1C. The third kappa shape index (κ3) is 1.58. The minimum Gasteiger partial charge on any atom is -0.331 e. The number of imidazole rings is 1. The third-order valence-corrected chi connectivity index (χ3v) is 2.52. The second-order valence-corrected chi connectivity index (χ2v) is 3.41. The Morgan fingerprint density at radius 1 is 1.53 bits per heavy atom. The van der Waals surface area contributed by atoms with Gasteiger partial charge in [-0.1, -0.05) is 6.92 Å². The molecule has 1 N–H and O–H groups in total. The Labute approximate surface area is 87.9 Å². The Balaban J connectivity index is 2.57. The summed E-state index contributed by atoms with van der Waals surface area (Å²) in [6.45, 7) is 2.08. The first-order valence-corrected chi connectivity index (χ1v) is 4.91. The van der Waals surface area contributed by atoms with Gasteiger partial charge in [-0.05, 0) is 18.2 Å². The van der Waals surface area contributed by atoms with Gasteiger partial charge in [0.25, 0.3) is 0 Å². The molecule has 4 heteroatoms. The van der Waals surface area contributed by atoms with Crippen LogP contribution in [0.15, 0.2) is 18.2 Å². The number of fused-ring (bicyclic) bond motifs is 1. The number of nitrogens with one attached hydrogen (secondary N) is 1. The molecule has 78 valence electrons. The predicted octanol–water partition coefficient (Wildman–Crippen LogP) is 1.70. The Kier molecular flexibility index (Phi) is 2.41. The van der Waals surface area contributed by atoms with Crippen LogP contribution in [0.3, 0.4) is 0 Å². The largest absolute Gasteiger partial charge is 0.331 e. The van der Waals surface area contributed by atoms with E-state index in [-0.39, 0.29) is 0 Å². The quantitative estimate of drug-likeness (QED) is 0.772. The lowest BCUT2D eigenvalue weighted by Gasteiger charge is -1.99. The molecule has 0 radical (unpaired) electrons. The molecule has 2 aromatic rings. The Hall–Kier alpha value is -1.84. The van der Waals surface area contributed by atoms with Crippen LogP contribution in [0.1, 0.15) is 12.7 Å². The Morgan fingerprint density at radius 3 is 3.00 bits per heavy atom. The first kappa shape index (κ1) is 9.71. The maximum atomic E-state index is 10.3. The second kappa shape index (κ2) is 3.73. The van der Waals surface area contributed by atoms with Crippen LogP contribution >= 0.6 is 0 Å². The highest BCUT2D eigenvalue weighted by Gasteiger charge is 2.05. The maximum absolute atomic E-state index is 10.3. The number of anilines is 1. The van der Waals surface area contributed by atoms with Gasteiger partial charge in [-0.3, -0.25) is 4.79 Å². The number of carbonyl (C=O) groups excluding carboxylic acids is 1. The summed E-state index contributed by atoms with van der Waals surface area (Å²) < 4.78 is 2.07. The average molecular weight is 203 g/mol. The Morgan fingerprint density at radius 2 is 2.33 bits per heavy atom. The van der Waals surface area contributed by atoms with E-state index in [2.05, 4.69) is 21.8 Å². The van der Waals surface area contributed by atoms with Gasteiger partial charge in [0.2, 0.25) is 6.41 Å². The molecule has 1 aromatic carbocycles. The van der Waals surface area contributed by atoms with Crippen molar-refractivity contribution < 1.29 is 4.79 Å². The second-order valence-electron chi connectivity index (χ2n) is 3.41. The normalized spacial score (nSPS) is 10.5. The first-order valence-electron chi connectivity index (χ1n) is 4.91. The molecule has 1 heterocycles. The molecule has 0 saturated heterocycles. The zero-order chi connectivity index (χ0) is 10.8. The van der Waals surface area contributed by atoms with Crippen molar-refractivity contribution in [1.82, 2.24) is 9.55 Å². The van der Waals surface area contributed by atoms with Crippen molar-refractivity contribution in [1.29, 1.82) is 0 Å². The number of carbonyl (C=O) groups is 1. The van der Waals surface area contributed by atoms with Crippen LogP contribution in [0, 0.1) is 0 Å². The number of aryl methyl sites for hydroxylation is 2. The van der Waals surface area contributed by atoms with E-state index < -0.39 is 0 Å². The molecule has 0 unspecified atom stereocenters. The number of amides is 1. The molecule has 0 saturated carbocycles. The molecule has 0 aliphatic carbocycles. The van der Waals surface area contributed by atoms with E-state index in [4.69, 9.17) is 0 Å². The minimum atomic E-state index is 0.671. The number of aromatic nitrogens is 2. The number of benzene rings is 1. The fraction of sp³-hybridized carbons (Fsp3) is 0.273. The van der Waals surface area contributed by atoms with Crippen molar-refractivity contribution >= 4 is 23.1 Å². The molecular weight excluding hydrogens is 190 g/mol. The molecular formula is C11H13N3O. The van der Waals surface area contributed by atoms with Crippen LogP contribution in [-0.4, -0.2) is 16.0 Å². The molecule has 4 nitrogen and oxygen atoms in total. The monoisotopic (exact) mass is 203 g/mol. The lowest BCUT2D eigenvalue weighted by Crippen LogP contribution is -1.95. The van der Waals surface area contributed by atoms with Crippen molar-refractivity contribution in [2.45, 2.75) is 13.3 Å². The summed E-state index contributed by atoms with van der Waals surface area (Å²) in [6, 6.07) is 5.72. The van der Waals surface area contributed by atoms with E-state index in [1.807, 2.05) is 25.2 Å². The summed E-state index contributed by atoms with van der Waals surface area (Å²) in [5, 5.41) is 2.62. The van der Waals surface area contributed by atoms with Gasteiger partial charge in [0, 0.05) is 19.2 Å². The summed E-state index contributed by atoms with van der Waals surface area (Å²) in [7, 11) is 2.00. The first-order chi connectivity index (χ1) is 7.26. The van der Waals surface area contributed by atoms with Crippen molar-refractivity contribution in [2.24, 2.45) is 7.05 Å². The van der Waals surface area contributed by atoms with Gasteiger partial charge in [-0.15, -0.1) is 0 Å². The van der Waals surface area contributed by atoms with Gasteiger partial charge in [-0.25, -0.2) is 4.98 Å². The molecule has 0 bridgehead atoms. The molecule has 0 atom stereocenters. The minimum absolute atomic E-state index is 0.671. The van der Waals surface area contributed by atoms with E-state index in [0.29, 0.717) is 6.41 Å². The fourth-order valence-electron chi connectivity index (χ4n) is 1.72. The smallest absolute Gasteiger partial charge is 0.211 e. The summed E-state index contributed by atoms with van der Waals surface area (Å²) in [5.41, 5.74) is 2.78. The van der Waals surface area contributed by atoms with Crippen LogP contribution < -0.4 is 5.32 Å². The van der Waals surface area contributed by atoms with Crippen LogP contribution in [0.25, 0.3) is 11.0 Å². The highest BCUT2D eigenvalue weighted by Crippen LogP contribution is 2.19.